The monoisotopic (exact) mass is 346 g/mol. The molecule has 1 aromatic rings. The summed E-state index contributed by atoms with van der Waals surface area (Å²) in [5.74, 6) is -0.646. The summed E-state index contributed by atoms with van der Waals surface area (Å²) in [6.07, 6.45) is -0.638. The molecule has 0 spiro atoms. The number of imide groups is 1. The van der Waals surface area contributed by atoms with Gasteiger partial charge in [-0.3, -0.25) is 19.9 Å². The predicted molar refractivity (Wildman–Crippen MR) is 87.3 cm³/mol. The van der Waals surface area contributed by atoms with Crippen molar-refractivity contribution in [3.63, 3.8) is 0 Å². The summed E-state index contributed by atoms with van der Waals surface area (Å²) in [7, 11) is 0. The van der Waals surface area contributed by atoms with Gasteiger partial charge in [-0.1, -0.05) is 12.1 Å². The summed E-state index contributed by atoms with van der Waals surface area (Å²) in [5.41, 5.74) is 9.20. The molecule has 0 aromatic heterocycles. The minimum Gasteiger partial charge on any atom is -0.375 e. The molecule has 1 aromatic carbocycles. The van der Waals surface area contributed by atoms with Crippen LogP contribution in [0.25, 0.3) is 0 Å². The second kappa shape index (κ2) is 5.62. The summed E-state index contributed by atoms with van der Waals surface area (Å²) < 4.78 is 11.3. The van der Waals surface area contributed by atoms with Crippen LogP contribution in [0, 0.1) is 0 Å². The summed E-state index contributed by atoms with van der Waals surface area (Å²) in [5, 5.41) is 4.10. The van der Waals surface area contributed by atoms with Crippen molar-refractivity contribution in [2.24, 2.45) is 10.8 Å². The standard InChI is InChI=1S/C15H14N4O4S/c16-15(24)18-17-9-5-10(11-6-22-14(9)23-11)19-12(20)7-3-1-2-4-8(7)13(19)21/h1-4,10-11,14H,5-6H2,(H3,16,18,24)/b17-9+/t10-,11+,14+/m0/s1. The molecule has 2 amide bonds. The molecule has 0 saturated carbocycles. The van der Waals surface area contributed by atoms with Gasteiger partial charge in [-0.15, -0.1) is 0 Å². The zero-order valence-corrected chi connectivity index (χ0v) is 13.3. The lowest BCUT2D eigenvalue weighted by Crippen LogP contribution is -2.52. The number of rotatable bonds is 2. The van der Waals surface area contributed by atoms with Crippen LogP contribution in [0.5, 0.6) is 0 Å². The number of fused-ring (bicyclic) bond motifs is 3. The summed E-state index contributed by atoms with van der Waals surface area (Å²) in [4.78, 5) is 26.6. The van der Waals surface area contributed by atoms with E-state index in [9.17, 15) is 9.59 Å². The zero-order valence-electron chi connectivity index (χ0n) is 12.5. The van der Waals surface area contributed by atoms with Gasteiger partial charge in [-0.2, -0.15) is 5.10 Å². The molecule has 3 aliphatic heterocycles. The summed E-state index contributed by atoms with van der Waals surface area (Å²) >= 11 is 4.73. The van der Waals surface area contributed by atoms with Gasteiger partial charge in [0.15, 0.2) is 11.4 Å². The lowest BCUT2D eigenvalue weighted by atomic mass is 10.0. The Bertz CT molecular complexity index is 745. The molecule has 3 N–H and O–H groups in total. The van der Waals surface area contributed by atoms with Crippen molar-refractivity contribution in [1.29, 1.82) is 0 Å². The Labute approximate surface area is 142 Å². The van der Waals surface area contributed by atoms with Crippen molar-refractivity contribution >= 4 is 34.9 Å². The minimum absolute atomic E-state index is 0.0138. The van der Waals surface area contributed by atoms with Gasteiger partial charge in [0, 0.05) is 6.42 Å². The fourth-order valence-corrected chi connectivity index (χ4v) is 3.28. The number of nitrogens with two attached hydrogens (primary N) is 1. The molecule has 4 rings (SSSR count). The van der Waals surface area contributed by atoms with Crippen LogP contribution in [-0.4, -0.2) is 52.6 Å². The van der Waals surface area contributed by atoms with Crippen LogP contribution < -0.4 is 11.2 Å². The Kier molecular flexibility index (Phi) is 3.56. The molecular weight excluding hydrogens is 332 g/mol. The third-order valence-electron chi connectivity index (χ3n) is 4.30. The third kappa shape index (κ3) is 2.29. The van der Waals surface area contributed by atoms with Crippen molar-refractivity contribution in [2.45, 2.75) is 24.9 Å². The van der Waals surface area contributed by atoms with Crippen molar-refractivity contribution in [1.82, 2.24) is 10.3 Å². The number of carbonyl (C=O) groups is 2. The van der Waals surface area contributed by atoms with Crippen LogP contribution in [0.15, 0.2) is 29.4 Å². The lowest BCUT2D eigenvalue weighted by Gasteiger charge is -2.33. The average molecular weight is 346 g/mol. The lowest BCUT2D eigenvalue weighted by molar-refractivity contribution is -0.0376. The highest BCUT2D eigenvalue weighted by molar-refractivity contribution is 7.80. The summed E-state index contributed by atoms with van der Waals surface area (Å²) in [6, 6.07) is 6.28. The van der Waals surface area contributed by atoms with Gasteiger partial charge in [0.25, 0.3) is 11.8 Å². The topological polar surface area (TPSA) is 106 Å². The van der Waals surface area contributed by atoms with E-state index in [4.69, 9.17) is 27.4 Å². The fourth-order valence-electron chi connectivity index (χ4n) is 3.23. The van der Waals surface area contributed by atoms with Gasteiger partial charge in [-0.25, -0.2) is 0 Å². The average Bonchev–Trinajstić information content (AvgIpc) is 3.10. The number of hydrazone groups is 1. The Morgan fingerprint density at radius 1 is 1.29 bits per heavy atom. The van der Waals surface area contributed by atoms with Crippen LogP contribution >= 0.6 is 12.2 Å². The number of ether oxygens (including phenoxy) is 2. The van der Waals surface area contributed by atoms with Crippen molar-refractivity contribution in [3.05, 3.63) is 35.4 Å². The van der Waals surface area contributed by atoms with Crippen LogP contribution in [0.3, 0.4) is 0 Å². The van der Waals surface area contributed by atoms with E-state index in [1.54, 1.807) is 24.3 Å². The summed E-state index contributed by atoms with van der Waals surface area (Å²) in [6.45, 7) is 0.287. The highest BCUT2D eigenvalue weighted by atomic mass is 32.1. The smallest absolute Gasteiger partial charge is 0.261 e. The van der Waals surface area contributed by atoms with E-state index in [2.05, 4.69) is 10.5 Å². The number of benzene rings is 1. The van der Waals surface area contributed by atoms with Crippen molar-refractivity contribution < 1.29 is 19.1 Å². The van der Waals surface area contributed by atoms with Crippen LogP contribution in [0.4, 0.5) is 0 Å². The normalized spacial score (nSPS) is 29.9. The SMILES string of the molecule is NC(=S)N/N=C1\C[C@H](N2C(=O)c3ccccc3C2=O)[C@H]2CO[C@@H]1O2. The molecule has 8 nitrogen and oxygen atoms in total. The number of thiocarbonyl (C=S) groups is 1. The number of amides is 2. The molecule has 2 saturated heterocycles. The maximum Gasteiger partial charge on any atom is 0.261 e. The molecule has 3 atom stereocenters. The van der Waals surface area contributed by atoms with Gasteiger partial charge in [-0.05, 0) is 24.4 Å². The van der Waals surface area contributed by atoms with E-state index in [0.29, 0.717) is 23.3 Å². The highest BCUT2D eigenvalue weighted by Gasteiger charge is 2.50. The van der Waals surface area contributed by atoms with E-state index >= 15 is 0 Å². The molecule has 3 aliphatic rings. The second-order valence-electron chi connectivity index (χ2n) is 5.72. The molecule has 2 bridgehead atoms. The molecule has 0 radical (unpaired) electrons. The van der Waals surface area contributed by atoms with Gasteiger partial charge in [0.1, 0.15) is 6.10 Å². The Morgan fingerprint density at radius 2 is 1.96 bits per heavy atom. The van der Waals surface area contributed by atoms with E-state index in [0.717, 1.165) is 0 Å². The number of hydrogen-bond acceptors (Lipinski definition) is 6. The minimum atomic E-state index is -0.608. The van der Waals surface area contributed by atoms with Crippen LogP contribution in [-0.2, 0) is 9.47 Å². The number of carbonyl (C=O) groups excluding carboxylic acids is 2. The van der Waals surface area contributed by atoms with Crippen molar-refractivity contribution in [3.8, 4) is 0 Å². The third-order valence-corrected chi connectivity index (χ3v) is 4.39. The molecule has 9 heteroatoms. The predicted octanol–water partition coefficient (Wildman–Crippen LogP) is -0.0144. The van der Waals surface area contributed by atoms with Crippen LogP contribution in [0.2, 0.25) is 0 Å². The fraction of sp³-hybridized carbons (Fsp3) is 0.333. The first-order chi connectivity index (χ1) is 11.6. The molecule has 24 heavy (non-hydrogen) atoms. The van der Waals surface area contributed by atoms with Gasteiger partial charge in [0.2, 0.25) is 0 Å². The first kappa shape index (κ1) is 15.2. The molecule has 3 heterocycles. The number of nitrogens with zero attached hydrogens (tertiary/aromatic N) is 2. The van der Waals surface area contributed by atoms with Gasteiger partial charge in [0.05, 0.1) is 29.5 Å². The first-order valence-corrected chi connectivity index (χ1v) is 7.83. The molecule has 2 fully saturated rings. The molecule has 0 aliphatic carbocycles. The highest BCUT2D eigenvalue weighted by Crippen LogP contribution is 2.33. The molecule has 0 unspecified atom stereocenters. The van der Waals surface area contributed by atoms with Crippen LogP contribution in [0.1, 0.15) is 27.1 Å². The van der Waals surface area contributed by atoms with E-state index in [1.807, 2.05) is 0 Å². The number of nitrogens with one attached hydrogen (secondary N) is 1. The van der Waals surface area contributed by atoms with E-state index in [-0.39, 0.29) is 29.6 Å². The maximum atomic E-state index is 12.7. The quantitative estimate of drug-likeness (QED) is 0.440. The Hall–Kier alpha value is -2.36. The maximum absolute atomic E-state index is 12.7. The second-order valence-corrected chi connectivity index (χ2v) is 6.16. The largest absolute Gasteiger partial charge is 0.375 e. The van der Waals surface area contributed by atoms with Gasteiger partial charge >= 0.3 is 0 Å². The number of hydrogen-bond donors (Lipinski definition) is 2. The van der Waals surface area contributed by atoms with E-state index < -0.39 is 12.3 Å². The molecule has 124 valence electrons. The van der Waals surface area contributed by atoms with Gasteiger partial charge < -0.3 is 15.2 Å². The van der Waals surface area contributed by atoms with Crippen molar-refractivity contribution in [2.75, 3.05) is 6.61 Å². The Morgan fingerprint density at radius 3 is 2.58 bits per heavy atom. The zero-order chi connectivity index (χ0) is 16.8. The first-order valence-electron chi connectivity index (χ1n) is 7.42. The molecular formula is C15H14N4O4S. The van der Waals surface area contributed by atoms with E-state index in [1.165, 1.54) is 4.90 Å². The Balaban J connectivity index is 1.65.